The molecule has 0 bridgehead atoms. The maximum Gasteiger partial charge on any atom is 0.422 e. The molecule has 3 heterocycles. The SMILES string of the molecule is Cc1cccc2c3c([nH]c12)C(c1ccc[nH]1)(C(F)(F)F)Nc1ccccc1C3. The van der Waals surface area contributed by atoms with E-state index in [0.717, 1.165) is 22.0 Å². The average Bonchev–Trinajstić information content (AvgIpc) is 3.27. The number of nitrogens with one attached hydrogen (secondary N) is 3. The second-order valence-electron chi connectivity index (χ2n) is 7.27. The van der Waals surface area contributed by atoms with E-state index in [-0.39, 0.29) is 11.4 Å². The number of alkyl halides is 3. The quantitative estimate of drug-likeness (QED) is 0.393. The summed E-state index contributed by atoms with van der Waals surface area (Å²) in [6, 6.07) is 16.0. The molecule has 0 saturated heterocycles. The summed E-state index contributed by atoms with van der Waals surface area (Å²) in [5.41, 5.74) is 1.45. The van der Waals surface area contributed by atoms with Crippen molar-refractivity contribution in [2.75, 3.05) is 5.32 Å². The predicted octanol–water partition coefficient (Wildman–Crippen LogP) is 5.63. The number of H-pyrrole nitrogens is 2. The summed E-state index contributed by atoms with van der Waals surface area (Å²) in [5, 5.41) is 3.69. The van der Waals surface area contributed by atoms with Gasteiger partial charge in [-0.3, -0.25) is 0 Å². The number of anilines is 1. The van der Waals surface area contributed by atoms with Crippen molar-refractivity contribution in [3.05, 3.63) is 88.9 Å². The highest BCUT2D eigenvalue weighted by Gasteiger charge is 2.61. The number of halogens is 3. The van der Waals surface area contributed by atoms with Crippen LogP contribution in [-0.2, 0) is 12.0 Å². The van der Waals surface area contributed by atoms with Crippen LogP contribution in [0.5, 0.6) is 0 Å². The molecule has 28 heavy (non-hydrogen) atoms. The van der Waals surface area contributed by atoms with Gasteiger partial charge in [-0.25, -0.2) is 0 Å². The first-order valence-corrected chi connectivity index (χ1v) is 9.09. The molecule has 3 nitrogen and oxygen atoms in total. The zero-order valence-electron chi connectivity index (χ0n) is 15.1. The second kappa shape index (κ2) is 5.67. The number of fused-ring (bicyclic) bond motifs is 4. The van der Waals surface area contributed by atoms with Crippen LogP contribution in [0.3, 0.4) is 0 Å². The molecular formula is C22H18F3N3. The molecule has 142 valence electrons. The minimum Gasteiger partial charge on any atom is -0.362 e. The van der Waals surface area contributed by atoms with Crippen LogP contribution >= 0.6 is 0 Å². The lowest BCUT2D eigenvalue weighted by Gasteiger charge is -2.36. The maximum absolute atomic E-state index is 14.8. The Labute approximate surface area is 159 Å². The topological polar surface area (TPSA) is 43.6 Å². The van der Waals surface area contributed by atoms with E-state index in [4.69, 9.17) is 0 Å². The highest BCUT2D eigenvalue weighted by molar-refractivity contribution is 5.89. The third kappa shape index (κ3) is 2.17. The number of aryl methyl sites for hydroxylation is 1. The van der Waals surface area contributed by atoms with Crippen LogP contribution in [0.4, 0.5) is 18.9 Å². The van der Waals surface area contributed by atoms with Gasteiger partial charge in [0.25, 0.3) is 0 Å². The van der Waals surface area contributed by atoms with Gasteiger partial charge in [0.1, 0.15) is 0 Å². The van der Waals surface area contributed by atoms with Crippen LogP contribution in [-0.4, -0.2) is 16.1 Å². The average molecular weight is 381 g/mol. The molecule has 1 atom stereocenters. The molecule has 0 saturated carbocycles. The second-order valence-corrected chi connectivity index (χ2v) is 7.27. The Hall–Kier alpha value is -3.15. The molecule has 5 rings (SSSR count). The molecule has 0 fully saturated rings. The van der Waals surface area contributed by atoms with Gasteiger partial charge in [0.2, 0.25) is 5.54 Å². The standard InChI is InChI=1S/C22H18F3N3/c1-13-6-4-8-15-16-12-14-7-2-3-9-17(14)28-21(22(23,24)25,18-10-5-11-26-18)20(16)27-19(13)15/h2-11,26-28H,12H2,1H3. The first-order valence-electron chi connectivity index (χ1n) is 9.09. The zero-order valence-corrected chi connectivity index (χ0v) is 15.1. The lowest BCUT2D eigenvalue weighted by Crippen LogP contribution is -2.50. The maximum atomic E-state index is 14.8. The van der Waals surface area contributed by atoms with Crippen molar-refractivity contribution in [2.24, 2.45) is 0 Å². The summed E-state index contributed by atoms with van der Waals surface area (Å²) < 4.78 is 44.5. The van der Waals surface area contributed by atoms with Crippen molar-refractivity contribution in [1.29, 1.82) is 0 Å². The van der Waals surface area contributed by atoms with E-state index in [0.29, 0.717) is 17.7 Å². The Morgan fingerprint density at radius 3 is 2.54 bits per heavy atom. The third-order valence-electron chi connectivity index (χ3n) is 5.66. The fourth-order valence-electron chi connectivity index (χ4n) is 4.31. The Balaban J connectivity index is 1.95. The van der Waals surface area contributed by atoms with Gasteiger partial charge in [-0.1, -0.05) is 36.4 Å². The smallest absolute Gasteiger partial charge is 0.362 e. The first kappa shape index (κ1) is 17.0. The lowest BCUT2D eigenvalue weighted by molar-refractivity contribution is -0.171. The van der Waals surface area contributed by atoms with Crippen LogP contribution in [0.1, 0.15) is 28.1 Å². The van der Waals surface area contributed by atoms with Crippen molar-refractivity contribution in [1.82, 2.24) is 9.97 Å². The van der Waals surface area contributed by atoms with E-state index < -0.39 is 11.7 Å². The van der Waals surface area contributed by atoms with E-state index in [1.807, 2.05) is 37.3 Å². The van der Waals surface area contributed by atoms with Crippen LogP contribution in [0, 0.1) is 6.92 Å². The molecule has 0 aliphatic carbocycles. The summed E-state index contributed by atoms with van der Waals surface area (Å²) in [7, 11) is 0. The highest BCUT2D eigenvalue weighted by Crippen LogP contribution is 2.50. The van der Waals surface area contributed by atoms with Gasteiger partial charge in [-0.05, 0) is 41.8 Å². The summed E-state index contributed by atoms with van der Waals surface area (Å²) in [6.45, 7) is 1.91. The molecule has 0 spiro atoms. The number of hydrogen-bond acceptors (Lipinski definition) is 1. The number of benzene rings is 2. The number of aromatic amines is 2. The van der Waals surface area contributed by atoms with Gasteiger partial charge < -0.3 is 15.3 Å². The van der Waals surface area contributed by atoms with Gasteiger partial charge >= 0.3 is 6.18 Å². The molecule has 2 aromatic heterocycles. The number of aromatic nitrogens is 2. The van der Waals surface area contributed by atoms with E-state index >= 15 is 0 Å². The van der Waals surface area contributed by atoms with E-state index in [1.54, 1.807) is 18.2 Å². The molecule has 4 aromatic rings. The fourth-order valence-corrected chi connectivity index (χ4v) is 4.31. The van der Waals surface area contributed by atoms with Crippen molar-refractivity contribution in [3.8, 4) is 0 Å². The van der Waals surface area contributed by atoms with Gasteiger partial charge in [0.15, 0.2) is 0 Å². The Bertz CT molecular complexity index is 1170. The van der Waals surface area contributed by atoms with Crippen LogP contribution in [0.25, 0.3) is 10.9 Å². The van der Waals surface area contributed by atoms with Crippen molar-refractivity contribution >= 4 is 16.6 Å². The third-order valence-corrected chi connectivity index (χ3v) is 5.66. The van der Waals surface area contributed by atoms with Crippen molar-refractivity contribution < 1.29 is 13.2 Å². The van der Waals surface area contributed by atoms with Gasteiger partial charge in [0, 0.05) is 29.2 Å². The largest absolute Gasteiger partial charge is 0.422 e. The lowest BCUT2D eigenvalue weighted by atomic mass is 9.87. The Morgan fingerprint density at radius 2 is 1.79 bits per heavy atom. The summed E-state index contributed by atoms with van der Waals surface area (Å²) >= 11 is 0. The summed E-state index contributed by atoms with van der Waals surface area (Å²) in [4.78, 5) is 5.95. The fraction of sp³-hybridized carbons (Fsp3) is 0.182. The Morgan fingerprint density at radius 1 is 0.964 bits per heavy atom. The van der Waals surface area contributed by atoms with Crippen molar-refractivity contribution in [2.45, 2.75) is 25.1 Å². The highest BCUT2D eigenvalue weighted by atomic mass is 19.4. The molecule has 2 aromatic carbocycles. The molecule has 1 unspecified atom stereocenters. The zero-order chi connectivity index (χ0) is 19.5. The van der Waals surface area contributed by atoms with Crippen molar-refractivity contribution in [3.63, 3.8) is 0 Å². The molecule has 1 aliphatic rings. The number of hydrogen-bond donors (Lipinski definition) is 3. The van der Waals surface area contributed by atoms with E-state index in [9.17, 15) is 13.2 Å². The minimum atomic E-state index is -4.58. The van der Waals surface area contributed by atoms with Crippen LogP contribution in [0.2, 0.25) is 0 Å². The molecule has 3 N–H and O–H groups in total. The normalized spacial score (nSPS) is 19.0. The molecule has 6 heteroatoms. The first-order chi connectivity index (χ1) is 13.4. The Kier molecular flexibility index (Phi) is 3.44. The monoisotopic (exact) mass is 381 g/mol. The summed E-state index contributed by atoms with van der Waals surface area (Å²) in [6.07, 6.45) is -2.64. The van der Waals surface area contributed by atoms with Crippen LogP contribution < -0.4 is 5.32 Å². The van der Waals surface area contributed by atoms with Gasteiger partial charge in [-0.15, -0.1) is 0 Å². The summed E-state index contributed by atoms with van der Waals surface area (Å²) in [5.74, 6) is 0. The van der Waals surface area contributed by atoms with Gasteiger partial charge in [-0.2, -0.15) is 13.2 Å². The molecule has 1 aliphatic heterocycles. The van der Waals surface area contributed by atoms with E-state index in [1.165, 1.54) is 12.3 Å². The molecule has 0 amide bonds. The predicted molar refractivity (Wildman–Crippen MR) is 104 cm³/mol. The number of rotatable bonds is 1. The minimum absolute atomic E-state index is 0.0576. The molecular weight excluding hydrogens is 363 g/mol. The molecule has 0 radical (unpaired) electrons. The van der Waals surface area contributed by atoms with Gasteiger partial charge in [0.05, 0.1) is 11.4 Å². The van der Waals surface area contributed by atoms with E-state index in [2.05, 4.69) is 15.3 Å². The van der Waals surface area contributed by atoms with Crippen LogP contribution in [0.15, 0.2) is 60.8 Å². The number of para-hydroxylation sites is 2.